The van der Waals surface area contributed by atoms with E-state index in [9.17, 15) is 19.2 Å². The van der Waals surface area contributed by atoms with E-state index in [-0.39, 0.29) is 30.9 Å². The van der Waals surface area contributed by atoms with Gasteiger partial charge in [0.1, 0.15) is 17.3 Å². The minimum absolute atomic E-state index is 0.0297. The van der Waals surface area contributed by atoms with Crippen molar-refractivity contribution in [2.24, 2.45) is 5.92 Å². The molecule has 3 heterocycles. The quantitative estimate of drug-likeness (QED) is 0.457. The Kier molecular flexibility index (Phi) is 9.81. The topological polar surface area (TPSA) is 118 Å². The molecule has 3 aliphatic rings. The van der Waals surface area contributed by atoms with Crippen molar-refractivity contribution in [1.82, 2.24) is 15.1 Å². The van der Waals surface area contributed by atoms with Crippen LogP contribution < -0.4 is 10.2 Å². The van der Waals surface area contributed by atoms with Crippen molar-refractivity contribution >= 4 is 29.9 Å². The predicted octanol–water partition coefficient (Wildman–Crippen LogP) is 5.28. The third-order valence-electron chi connectivity index (χ3n) is 8.09. The first-order chi connectivity index (χ1) is 20.1. The summed E-state index contributed by atoms with van der Waals surface area (Å²) in [6, 6.07) is 7.58. The van der Waals surface area contributed by atoms with Crippen molar-refractivity contribution in [2.45, 2.75) is 103 Å². The molecule has 0 saturated carbocycles. The first kappa shape index (κ1) is 32.4. The minimum atomic E-state index is -0.691. The van der Waals surface area contributed by atoms with Gasteiger partial charge in [-0.25, -0.2) is 14.4 Å². The van der Waals surface area contributed by atoms with E-state index in [1.807, 2.05) is 43.9 Å². The smallest absolute Gasteiger partial charge is 0.414 e. The van der Waals surface area contributed by atoms with Gasteiger partial charge in [-0.2, -0.15) is 0 Å². The van der Waals surface area contributed by atoms with E-state index in [0.717, 1.165) is 24.1 Å². The van der Waals surface area contributed by atoms with Gasteiger partial charge in [0.25, 0.3) is 0 Å². The Bertz CT molecular complexity index is 1180. The Morgan fingerprint density at radius 1 is 0.907 bits per heavy atom. The number of rotatable bonds is 5. The maximum Gasteiger partial charge on any atom is 0.414 e. The van der Waals surface area contributed by atoms with E-state index in [0.29, 0.717) is 38.5 Å². The molecule has 4 amide bonds. The lowest BCUT2D eigenvalue weighted by Crippen LogP contribution is -2.45. The van der Waals surface area contributed by atoms with Crippen LogP contribution in [0.25, 0.3) is 0 Å². The molecular formula is C32H48N4O7. The van der Waals surface area contributed by atoms with Gasteiger partial charge in [0.15, 0.2) is 0 Å². The van der Waals surface area contributed by atoms with E-state index in [4.69, 9.17) is 14.2 Å². The van der Waals surface area contributed by atoms with Crippen molar-refractivity contribution in [1.29, 1.82) is 0 Å². The Morgan fingerprint density at radius 3 is 2.16 bits per heavy atom. The number of nitrogens with one attached hydrogen (secondary N) is 1. The van der Waals surface area contributed by atoms with Gasteiger partial charge in [0, 0.05) is 51.0 Å². The van der Waals surface area contributed by atoms with Gasteiger partial charge in [0.05, 0.1) is 12.2 Å². The summed E-state index contributed by atoms with van der Waals surface area (Å²) in [6.07, 6.45) is 0.237. The molecule has 0 radical (unpaired) electrons. The van der Waals surface area contributed by atoms with E-state index < -0.39 is 35.5 Å². The summed E-state index contributed by atoms with van der Waals surface area (Å²) in [5.41, 5.74) is 0.773. The maximum atomic E-state index is 13.5. The van der Waals surface area contributed by atoms with Gasteiger partial charge in [-0.3, -0.25) is 9.69 Å². The molecule has 1 aromatic rings. The molecule has 0 bridgehead atoms. The molecule has 4 rings (SSSR count). The van der Waals surface area contributed by atoms with Crippen molar-refractivity contribution < 1.29 is 33.4 Å². The van der Waals surface area contributed by atoms with Crippen LogP contribution in [0.15, 0.2) is 24.3 Å². The summed E-state index contributed by atoms with van der Waals surface area (Å²) in [5.74, 6) is 0.459. The van der Waals surface area contributed by atoms with Crippen LogP contribution in [0.3, 0.4) is 0 Å². The normalized spacial score (nSPS) is 22.7. The highest BCUT2D eigenvalue weighted by Gasteiger charge is 2.43. The lowest BCUT2D eigenvalue weighted by Gasteiger charge is -2.36. The van der Waals surface area contributed by atoms with Crippen LogP contribution in [0, 0.1) is 5.92 Å². The number of carbonyl (C=O) groups excluding carboxylic acids is 4. The molecule has 3 atom stereocenters. The number of anilines is 1. The fourth-order valence-electron chi connectivity index (χ4n) is 6.25. The molecule has 11 nitrogen and oxygen atoms in total. The molecule has 2 fully saturated rings. The summed E-state index contributed by atoms with van der Waals surface area (Å²) in [4.78, 5) is 56.7. The Balaban J connectivity index is 1.37. The Labute approximate surface area is 255 Å². The van der Waals surface area contributed by atoms with E-state index in [2.05, 4.69) is 11.4 Å². The van der Waals surface area contributed by atoms with Crippen LogP contribution in [-0.2, 0) is 19.0 Å². The van der Waals surface area contributed by atoms with E-state index in [1.54, 1.807) is 32.6 Å². The van der Waals surface area contributed by atoms with Crippen molar-refractivity contribution in [2.75, 3.05) is 37.6 Å². The number of nitrogens with zero attached hydrogens (tertiary/aromatic N) is 3. The Hall–Kier alpha value is -3.50. The van der Waals surface area contributed by atoms with Crippen molar-refractivity contribution in [3.05, 3.63) is 29.8 Å². The second-order valence-electron chi connectivity index (χ2n) is 13.8. The summed E-state index contributed by atoms with van der Waals surface area (Å²) in [6.45, 7) is 15.2. The second-order valence-corrected chi connectivity index (χ2v) is 13.8. The molecular weight excluding hydrogens is 552 g/mol. The lowest BCUT2D eigenvalue weighted by molar-refractivity contribution is -0.133. The number of para-hydroxylation sites is 1. The third-order valence-corrected chi connectivity index (χ3v) is 8.09. The molecule has 11 heteroatoms. The number of ether oxygens (including phenoxy) is 3. The van der Waals surface area contributed by atoms with Crippen LogP contribution in [0.2, 0.25) is 0 Å². The number of piperidine rings is 1. The first-order valence-electron chi connectivity index (χ1n) is 15.5. The molecule has 0 aliphatic carbocycles. The average molecular weight is 601 g/mol. The summed E-state index contributed by atoms with van der Waals surface area (Å²) in [5, 5.41) is 2.61. The number of hydrogen-bond donors (Lipinski definition) is 1. The molecule has 238 valence electrons. The molecule has 1 aromatic carbocycles. The van der Waals surface area contributed by atoms with Gasteiger partial charge < -0.3 is 29.3 Å². The molecule has 0 spiro atoms. The predicted molar refractivity (Wildman–Crippen MR) is 162 cm³/mol. The molecule has 43 heavy (non-hydrogen) atoms. The minimum Gasteiger partial charge on any atom is -0.444 e. The zero-order chi connectivity index (χ0) is 31.5. The second kappa shape index (κ2) is 13.0. The number of amides is 4. The van der Waals surface area contributed by atoms with Gasteiger partial charge in [-0.1, -0.05) is 18.2 Å². The highest BCUT2D eigenvalue weighted by atomic mass is 16.6. The van der Waals surface area contributed by atoms with Crippen LogP contribution >= 0.6 is 0 Å². The van der Waals surface area contributed by atoms with Crippen LogP contribution in [0.1, 0.15) is 85.6 Å². The zero-order valence-corrected chi connectivity index (χ0v) is 26.7. The van der Waals surface area contributed by atoms with Crippen molar-refractivity contribution in [3.8, 4) is 0 Å². The fraction of sp³-hybridized carbons (Fsp3) is 0.688. The van der Waals surface area contributed by atoms with E-state index >= 15 is 0 Å². The van der Waals surface area contributed by atoms with Crippen LogP contribution in [0.5, 0.6) is 0 Å². The van der Waals surface area contributed by atoms with Gasteiger partial charge in [-0.15, -0.1) is 0 Å². The van der Waals surface area contributed by atoms with Crippen molar-refractivity contribution in [3.63, 3.8) is 0 Å². The first-order valence-corrected chi connectivity index (χ1v) is 15.5. The SMILES string of the molecule is CCNC(=O)O[C@@H]1C[C@@H](CC(=O)N2CCC(C3CN(C(=O)OC(C)(C)C)c4ccccc43)CC2)N(C(=O)OC(C)(C)C)C1. The number of carbonyl (C=O) groups is 4. The fourth-order valence-corrected chi connectivity index (χ4v) is 6.25. The largest absolute Gasteiger partial charge is 0.444 e. The Morgan fingerprint density at radius 2 is 1.53 bits per heavy atom. The zero-order valence-electron chi connectivity index (χ0n) is 26.7. The van der Waals surface area contributed by atoms with Crippen LogP contribution in [-0.4, -0.2) is 90.1 Å². The van der Waals surface area contributed by atoms with E-state index in [1.165, 1.54) is 4.90 Å². The maximum absolute atomic E-state index is 13.5. The van der Waals surface area contributed by atoms with Gasteiger partial charge >= 0.3 is 18.3 Å². The van der Waals surface area contributed by atoms with Gasteiger partial charge in [-0.05, 0) is 78.9 Å². The summed E-state index contributed by atoms with van der Waals surface area (Å²) in [7, 11) is 0. The summed E-state index contributed by atoms with van der Waals surface area (Å²) < 4.78 is 16.8. The number of likely N-dealkylation sites (tertiary alicyclic amines) is 2. The average Bonchev–Trinajstić information content (AvgIpc) is 3.48. The molecule has 1 unspecified atom stereocenters. The standard InChI is InChI=1S/C32H48N4O7/c1-8-33-28(38)41-23-17-22(35(19-23)29(39)42-31(2,3)4)18-27(37)34-15-13-21(14-16-34)25-20-36(30(40)43-32(5,6)7)26-12-10-9-11-24(25)26/h9-12,21-23,25H,8,13-20H2,1-7H3,(H,33,38)/t22-,23+,25?/m0/s1. The molecule has 1 N–H and O–H groups in total. The summed E-state index contributed by atoms with van der Waals surface area (Å²) >= 11 is 0. The monoisotopic (exact) mass is 600 g/mol. The number of alkyl carbamates (subject to hydrolysis) is 1. The highest BCUT2D eigenvalue weighted by molar-refractivity contribution is 5.91. The molecule has 2 saturated heterocycles. The number of fused-ring (bicyclic) bond motifs is 1. The number of hydrogen-bond acceptors (Lipinski definition) is 7. The van der Waals surface area contributed by atoms with Crippen LogP contribution in [0.4, 0.5) is 20.1 Å². The lowest BCUT2D eigenvalue weighted by atomic mass is 9.81. The number of benzene rings is 1. The van der Waals surface area contributed by atoms with Gasteiger partial charge in [0.2, 0.25) is 5.91 Å². The molecule has 3 aliphatic heterocycles. The highest BCUT2D eigenvalue weighted by Crippen LogP contribution is 2.44. The molecule has 0 aromatic heterocycles. The third kappa shape index (κ3) is 8.32.